The van der Waals surface area contributed by atoms with Crippen LogP contribution in [0.15, 0.2) is 60.9 Å². The van der Waals surface area contributed by atoms with Gasteiger partial charge in [-0.2, -0.15) is 9.78 Å². The van der Waals surface area contributed by atoms with Gasteiger partial charge in [-0.15, -0.1) is 0 Å². The van der Waals surface area contributed by atoms with Crippen molar-refractivity contribution >= 4 is 34.9 Å². The number of nitrogens with one attached hydrogen (secondary N) is 3. The number of carbonyl (C=O) groups is 2. The molecule has 224 valence electrons. The monoisotopic (exact) mass is 591 g/mol. The number of carboxylic acids is 1. The number of benzene rings is 2. The van der Waals surface area contributed by atoms with E-state index in [2.05, 4.69) is 43.1 Å². The lowest BCUT2D eigenvalue weighted by Gasteiger charge is -2.32. The molecule has 0 radical (unpaired) electrons. The maximum Gasteiger partial charge on any atom is 0.356 e. The fraction of sp³-hybridized carbons (Fsp3) is 0.276. The number of likely N-dealkylation sites (N-methyl/N-ethyl adjacent to an activating group) is 1. The highest BCUT2D eigenvalue weighted by Gasteiger charge is 2.25. The molecule has 0 unspecified atom stereocenters. The molecular weight excluding hydrogens is 560 g/mol. The van der Waals surface area contributed by atoms with Crippen molar-refractivity contribution in [3.8, 4) is 5.82 Å². The molecule has 1 fully saturated rings. The number of carboxylic acid groups (broad SMARTS) is 1. The second-order valence-electron chi connectivity index (χ2n) is 10.4. The topological polar surface area (TPSA) is 141 Å². The minimum absolute atomic E-state index is 0.0861. The van der Waals surface area contributed by atoms with Crippen LogP contribution >= 0.6 is 0 Å². The summed E-state index contributed by atoms with van der Waals surface area (Å²) in [5.41, 5.74) is 4.62. The van der Waals surface area contributed by atoms with Crippen LogP contribution in [-0.2, 0) is 5.92 Å². The Morgan fingerprint density at radius 1 is 1.00 bits per heavy atom. The highest BCUT2D eigenvalue weighted by molar-refractivity contribution is 6.04. The lowest BCUT2D eigenvalue weighted by molar-refractivity contribution is 0.0174. The fourth-order valence-electron chi connectivity index (χ4n) is 4.46. The average Bonchev–Trinajstić information content (AvgIpc) is 3.40. The Morgan fingerprint density at radius 2 is 1.77 bits per heavy atom. The average molecular weight is 592 g/mol. The molecule has 0 bridgehead atoms. The normalized spacial score (nSPS) is 14.3. The molecule has 1 saturated heterocycles. The van der Waals surface area contributed by atoms with E-state index in [1.807, 2.05) is 11.9 Å². The number of anilines is 4. The van der Waals surface area contributed by atoms with E-state index in [0.717, 1.165) is 44.7 Å². The van der Waals surface area contributed by atoms with Gasteiger partial charge in [0.05, 0.1) is 0 Å². The lowest BCUT2D eigenvalue weighted by Crippen LogP contribution is -2.47. The molecule has 43 heavy (non-hydrogen) atoms. The van der Waals surface area contributed by atoms with E-state index in [9.17, 15) is 23.5 Å². The van der Waals surface area contributed by atoms with Gasteiger partial charge in [0, 0.05) is 67.7 Å². The highest BCUT2D eigenvalue weighted by atomic mass is 19.3. The molecule has 12 nitrogen and oxygen atoms in total. The predicted molar refractivity (Wildman–Crippen MR) is 157 cm³/mol. The number of nitrogens with zero attached hydrogens (tertiary/aromatic N) is 6. The summed E-state index contributed by atoms with van der Waals surface area (Å²) in [7, 11) is 2.06. The number of carbonyl (C=O) groups excluding carboxylic acids is 1. The van der Waals surface area contributed by atoms with Crippen LogP contribution in [0.25, 0.3) is 5.82 Å². The van der Waals surface area contributed by atoms with Crippen molar-refractivity contribution in [2.45, 2.75) is 19.8 Å². The Balaban J connectivity index is 1.39. The molecule has 5 rings (SSSR count). The summed E-state index contributed by atoms with van der Waals surface area (Å²) in [5, 5.41) is 21.8. The number of rotatable bonds is 9. The van der Waals surface area contributed by atoms with Crippen LogP contribution < -0.4 is 16.1 Å². The SMILES string of the molecule is Cc1ccc(NC(=O)c2cccc(C(C)(F)F)c2)cc1Nc1cc(C(=O)O)nn1-c1cc(NN2CCN(C)CC2)ncn1. The fourth-order valence-corrected chi connectivity index (χ4v) is 4.46. The molecule has 14 heteroatoms. The summed E-state index contributed by atoms with van der Waals surface area (Å²) in [4.78, 5) is 35.5. The standard InChI is InChI=1S/C29H31F2N9O3/c1-18-7-8-21(34-27(41)19-5-4-6-20(13-19)29(2,30)31)14-22(18)35-26-15-23(28(42)43)36-40(26)25-16-24(32-17-33-25)37-39-11-9-38(3)10-12-39/h4-8,13-17,35H,9-12H2,1-3H3,(H,34,41)(H,42,43)(H,32,33,37). The predicted octanol–water partition coefficient (Wildman–Crippen LogP) is 4.35. The number of aromatic carboxylic acids is 1. The second kappa shape index (κ2) is 12.1. The molecule has 2 aromatic heterocycles. The zero-order valence-corrected chi connectivity index (χ0v) is 23.8. The summed E-state index contributed by atoms with van der Waals surface area (Å²) in [6.07, 6.45) is 1.37. The first-order valence-corrected chi connectivity index (χ1v) is 13.5. The van der Waals surface area contributed by atoms with Crippen LogP contribution in [0.4, 0.5) is 31.8 Å². The zero-order chi connectivity index (χ0) is 30.7. The van der Waals surface area contributed by atoms with Gasteiger partial charge in [0.25, 0.3) is 11.8 Å². The van der Waals surface area contributed by atoms with Gasteiger partial charge in [0.15, 0.2) is 11.5 Å². The minimum atomic E-state index is -3.08. The van der Waals surface area contributed by atoms with Gasteiger partial charge in [-0.3, -0.25) is 4.79 Å². The summed E-state index contributed by atoms with van der Waals surface area (Å²) in [5.74, 6) is -3.69. The first-order valence-electron chi connectivity index (χ1n) is 13.5. The third-order valence-electron chi connectivity index (χ3n) is 6.96. The van der Waals surface area contributed by atoms with E-state index in [1.54, 1.807) is 24.3 Å². The van der Waals surface area contributed by atoms with Gasteiger partial charge in [0.1, 0.15) is 18.0 Å². The van der Waals surface area contributed by atoms with Crippen molar-refractivity contribution in [1.29, 1.82) is 0 Å². The number of alkyl halides is 2. The lowest BCUT2D eigenvalue weighted by atomic mass is 10.1. The van der Waals surface area contributed by atoms with Crippen LogP contribution in [0.5, 0.6) is 0 Å². The van der Waals surface area contributed by atoms with E-state index in [-0.39, 0.29) is 16.8 Å². The van der Waals surface area contributed by atoms with Crippen molar-refractivity contribution in [2.75, 3.05) is 49.3 Å². The van der Waals surface area contributed by atoms with Crippen molar-refractivity contribution in [1.82, 2.24) is 29.7 Å². The molecule has 1 amide bonds. The Bertz CT molecular complexity index is 1650. The molecule has 3 heterocycles. The summed E-state index contributed by atoms with van der Waals surface area (Å²) in [6, 6.07) is 13.4. The minimum Gasteiger partial charge on any atom is -0.476 e. The number of hydrazine groups is 1. The third-order valence-corrected chi connectivity index (χ3v) is 6.96. The Morgan fingerprint density at radius 3 is 2.49 bits per heavy atom. The Kier molecular flexibility index (Phi) is 8.32. The van der Waals surface area contributed by atoms with Gasteiger partial charge < -0.3 is 26.1 Å². The number of aryl methyl sites for hydroxylation is 1. The zero-order valence-electron chi connectivity index (χ0n) is 23.8. The molecule has 4 N–H and O–H groups in total. The third kappa shape index (κ3) is 7.10. The number of aromatic nitrogens is 4. The summed E-state index contributed by atoms with van der Waals surface area (Å²) >= 11 is 0. The number of hydrogen-bond acceptors (Lipinski definition) is 9. The molecule has 0 aliphatic carbocycles. The van der Waals surface area contributed by atoms with Crippen LogP contribution in [0, 0.1) is 6.92 Å². The molecule has 4 aromatic rings. The molecule has 0 saturated carbocycles. The maximum atomic E-state index is 13.8. The van der Waals surface area contributed by atoms with Gasteiger partial charge in [-0.1, -0.05) is 18.2 Å². The van der Waals surface area contributed by atoms with E-state index >= 15 is 0 Å². The van der Waals surface area contributed by atoms with Crippen molar-refractivity contribution in [3.05, 3.63) is 83.3 Å². The largest absolute Gasteiger partial charge is 0.476 e. The number of hydrogen-bond donors (Lipinski definition) is 4. The highest BCUT2D eigenvalue weighted by Crippen LogP contribution is 2.29. The Labute approximate surface area is 246 Å². The molecule has 1 aliphatic rings. The second-order valence-corrected chi connectivity index (χ2v) is 10.4. The van der Waals surface area contributed by atoms with Crippen molar-refractivity contribution < 1.29 is 23.5 Å². The quantitative estimate of drug-likeness (QED) is 0.222. The Hall–Kier alpha value is -4.95. The molecular formula is C29H31F2N9O3. The summed E-state index contributed by atoms with van der Waals surface area (Å²) < 4.78 is 28.9. The first kappa shape index (κ1) is 29.5. The first-order chi connectivity index (χ1) is 20.5. The number of halogens is 2. The molecule has 1 aliphatic heterocycles. The van der Waals surface area contributed by atoms with Crippen LogP contribution in [0.2, 0.25) is 0 Å². The van der Waals surface area contributed by atoms with Gasteiger partial charge >= 0.3 is 5.97 Å². The van der Waals surface area contributed by atoms with Crippen LogP contribution in [0.3, 0.4) is 0 Å². The number of piperazine rings is 1. The smallest absolute Gasteiger partial charge is 0.356 e. The molecule has 0 spiro atoms. The van der Waals surface area contributed by atoms with Crippen molar-refractivity contribution in [2.24, 2.45) is 0 Å². The van der Waals surface area contributed by atoms with Gasteiger partial charge in [0.2, 0.25) is 0 Å². The molecule has 0 atom stereocenters. The van der Waals surface area contributed by atoms with E-state index in [0.29, 0.717) is 28.8 Å². The van der Waals surface area contributed by atoms with E-state index < -0.39 is 17.8 Å². The van der Waals surface area contributed by atoms with E-state index in [4.69, 9.17) is 0 Å². The molecule has 2 aromatic carbocycles. The number of amides is 1. The van der Waals surface area contributed by atoms with Crippen molar-refractivity contribution in [3.63, 3.8) is 0 Å². The van der Waals surface area contributed by atoms with Crippen LogP contribution in [0.1, 0.15) is 38.9 Å². The van der Waals surface area contributed by atoms with Crippen LogP contribution in [-0.4, -0.2) is 79.9 Å². The maximum absolute atomic E-state index is 13.8. The van der Waals surface area contributed by atoms with E-state index in [1.165, 1.54) is 35.3 Å². The summed E-state index contributed by atoms with van der Waals surface area (Å²) in [6.45, 7) is 6.02. The van der Waals surface area contributed by atoms with Gasteiger partial charge in [-0.25, -0.2) is 28.6 Å². The van der Waals surface area contributed by atoms with Gasteiger partial charge in [-0.05, 0) is 43.8 Å².